The molecule has 29 heavy (non-hydrogen) atoms. The van der Waals surface area contributed by atoms with E-state index < -0.39 is 10.7 Å². The molecule has 0 aliphatic rings. The van der Waals surface area contributed by atoms with E-state index in [9.17, 15) is 15.2 Å². The van der Waals surface area contributed by atoms with Gasteiger partial charge in [-0.2, -0.15) is 5.26 Å². The fourth-order valence-corrected chi connectivity index (χ4v) is 3.66. The first-order valence-corrected chi connectivity index (χ1v) is 9.77. The maximum Gasteiger partial charge on any atom is 0.319 e. The molecule has 0 saturated carbocycles. The van der Waals surface area contributed by atoms with Gasteiger partial charge in [0.05, 0.1) is 18.2 Å². The summed E-state index contributed by atoms with van der Waals surface area (Å²) in [4.78, 5) is 16.6. The van der Waals surface area contributed by atoms with Crippen LogP contribution in [0.1, 0.15) is 19.4 Å². The monoisotopic (exact) mass is 409 g/mol. The molecule has 3 aromatic rings. The smallest absolute Gasteiger partial charge is 0.319 e. The number of carboxylic acids is 1. The maximum absolute atomic E-state index is 11.5. The number of aliphatic hydroxyl groups is 1. The van der Waals surface area contributed by atoms with Gasteiger partial charge in [-0.15, -0.1) is 11.8 Å². The van der Waals surface area contributed by atoms with Crippen molar-refractivity contribution >= 4 is 28.5 Å². The van der Waals surface area contributed by atoms with Crippen molar-refractivity contribution in [3.63, 3.8) is 0 Å². The number of aliphatic hydroxyl groups excluding tert-OH is 1. The van der Waals surface area contributed by atoms with Crippen LogP contribution in [0.4, 0.5) is 0 Å². The lowest BCUT2D eigenvalue weighted by atomic mass is 9.96. The highest BCUT2D eigenvalue weighted by Crippen LogP contribution is 2.40. The van der Waals surface area contributed by atoms with E-state index in [0.717, 1.165) is 26.8 Å². The van der Waals surface area contributed by atoms with Crippen molar-refractivity contribution in [3.8, 4) is 17.2 Å². The Hall–Kier alpha value is -2.92. The number of hydrogen-bond acceptors (Lipinski definition) is 6. The Kier molecular flexibility index (Phi) is 7.74. The first-order chi connectivity index (χ1) is 13.9. The number of pyridine rings is 1. The molecule has 3 rings (SSSR count). The molecule has 7 heteroatoms. The first kappa shape index (κ1) is 22.4. The Morgan fingerprint density at radius 1 is 1.17 bits per heavy atom. The molecule has 0 spiro atoms. The van der Waals surface area contributed by atoms with Crippen LogP contribution in [-0.2, 0) is 4.79 Å². The van der Waals surface area contributed by atoms with Crippen LogP contribution in [0.25, 0.3) is 21.9 Å². The number of thioether (sulfide) groups is 1. The van der Waals surface area contributed by atoms with Gasteiger partial charge >= 0.3 is 5.97 Å². The van der Waals surface area contributed by atoms with E-state index in [1.54, 1.807) is 32.3 Å². The number of hydrogen-bond donors (Lipinski definition) is 3. The molecule has 0 atom stereocenters. The van der Waals surface area contributed by atoms with Gasteiger partial charge in [0.15, 0.2) is 0 Å². The Morgan fingerprint density at radius 3 is 2.41 bits per heavy atom. The predicted octanol–water partition coefficient (Wildman–Crippen LogP) is 3.67. The van der Waals surface area contributed by atoms with E-state index >= 15 is 0 Å². The summed E-state index contributed by atoms with van der Waals surface area (Å²) in [6, 6.07) is 15.5. The van der Waals surface area contributed by atoms with E-state index in [1.165, 1.54) is 11.8 Å². The molecule has 1 aromatic heterocycles. The fourth-order valence-electron chi connectivity index (χ4n) is 2.62. The summed E-state index contributed by atoms with van der Waals surface area (Å²) in [5.41, 5.74) is 7.19. The number of nitrogens with zero attached hydrogens (tertiary/aromatic N) is 2. The van der Waals surface area contributed by atoms with E-state index in [2.05, 4.69) is 11.1 Å². The summed E-state index contributed by atoms with van der Waals surface area (Å²) in [6.07, 6.45) is 3.41. The van der Waals surface area contributed by atoms with Crippen LogP contribution >= 0.6 is 11.8 Å². The van der Waals surface area contributed by atoms with Crippen LogP contribution in [0, 0.1) is 11.3 Å². The highest BCUT2D eigenvalue weighted by atomic mass is 32.2. The normalized spacial score (nSPS) is 10.7. The van der Waals surface area contributed by atoms with Gasteiger partial charge in [0.1, 0.15) is 4.75 Å². The maximum atomic E-state index is 11.5. The second-order valence-corrected chi connectivity index (χ2v) is 8.28. The van der Waals surface area contributed by atoms with Crippen molar-refractivity contribution in [2.45, 2.75) is 23.5 Å². The summed E-state index contributed by atoms with van der Waals surface area (Å²) >= 11 is 1.29. The van der Waals surface area contributed by atoms with Crippen molar-refractivity contribution in [2.24, 2.45) is 5.73 Å². The number of rotatable bonds is 5. The van der Waals surface area contributed by atoms with Gasteiger partial charge < -0.3 is 15.9 Å². The first-order valence-electron chi connectivity index (χ1n) is 8.95. The summed E-state index contributed by atoms with van der Waals surface area (Å²) in [6.45, 7) is 3.84. The van der Waals surface area contributed by atoms with Crippen molar-refractivity contribution in [1.82, 2.24) is 4.98 Å². The molecule has 6 nitrogen and oxygen atoms in total. The second-order valence-electron chi connectivity index (χ2n) is 6.62. The van der Waals surface area contributed by atoms with Crippen LogP contribution < -0.4 is 5.73 Å². The Balaban J connectivity index is 0.000000687. The average molecular weight is 410 g/mol. The number of aliphatic carboxylic acids is 1. The third-order valence-corrected chi connectivity index (χ3v) is 5.39. The molecule has 0 fully saturated rings. The van der Waals surface area contributed by atoms with Gasteiger partial charge in [0.2, 0.25) is 0 Å². The van der Waals surface area contributed by atoms with Crippen LogP contribution in [0.3, 0.4) is 0 Å². The highest BCUT2D eigenvalue weighted by molar-refractivity contribution is 8.01. The molecule has 150 valence electrons. The van der Waals surface area contributed by atoms with E-state index in [0.29, 0.717) is 12.1 Å². The van der Waals surface area contributed by atoms with Gasteiger partial charge in [-0.1, -0.05) is 30.3 Å². The highest BCUT2D eigenvalue weighted by Gasteiger charge is 2.29. The minimum atomic E-state index is -0.960. The molecule has 0 aliphatic heterocycles. The van der Waals surface area contributed by atoms with Crippen LogP contribution in [0.5, 0.6) is 0 Å². The Labute approximate surface area is 174 Å². The lowest BCUT2D eigenvalue weighted by Crippen LogP contribution is -2.27. The molecular formula is C22H23N3O3S. The largest absolute Gasteiger partial charge is 0.480 e. The zero-order valence-corrected chi connectivity index (χ0v) is 17.1. The Morgan fingerprint density at radius 2 is 1.83 bits per heavy atom. The quantitative estimate of drug-likeness (QED) is 0.550. The predicted molar refractivity (Wildman–Crippen MR) is 116 cm³/mol. The number of nitrogens with two attached hydrogens (primary N) is 1. The van der Waals surface area contributed by atoms with Gasteiger partial charge in [-0.05, 0) is 36.9 Å². The molecule has 0 aliphatic carbocycles. The summed E-state index contributed by atoms with van der Waals surface area (Å²) in [5, 5.41) is 28.3. The van der Waals surface area contributed by atoms with Gasteiger partial charge in [0, 0.05) is 34.8 Å². The van der Waals surface area contributed by atoms with Crippen LogP contribution in [-0.4, -0.2) is 39.1 Å². The zero-order chi connectivity index (χ0) is 21.4. The summed E-state index contributed by atoms with van der Waals surface area (Å²) in [7, 11) is 0. The number of carbonyl (C=O) groups is 1. The second kappa shape index (κ2) is 10.0. The number of nitriles is 1. The molecule has 0 radical (unpaired) electrons. The molecule has 2 aromatic carbocycles. The number of carboxylic acid groups (broad SMARTS) is 1. The molecule has 0 saturated heterocycles. The zero-order valence-electron chi connectivity index (χ0n) is 16.3. The third kappa shape index (κ3) is 5.33. The third-order valence-electron chi connectivity index (χ3n) is 4.13. The SMILES string of the molecule is CC(C)(Sc1ccncc1-c1ccc(C#N)c2ccccc12)C(=O)O.NCCO. The summed E-state index contributed by atoms with van der Waals surface area (Å²) in [5.74, 6) is -0.870. The van der Waals surface area contributed by atoms with E-state index in [4.69, 9.17) is 10.8 Å². The lowest BCUT2D eigenvalue weighted by Gasteiger charge is -2.20. The van der Waals surface area contributed by atoms with Crippen molar-refractivity contribution in [3.05, 3.63) is 60.4 Å². The number of aromatic nitrogens is 1. The number of fused-ring (bicyclic) bond motifs is 1. The van der Waals surface area contributed by atoms with Gasteiger partial charge in [-0.3, -0.25) is 9.78 Å². The van der Waals surface area contributed by atoms with Gasteiger partial charge in [-0.25, -0.2) is 0 Å². The topological polar surface area (TPSA) is 120 Å². The lowest BCUT2D eigenvalue weighted by molar-refractivity contribution is -0.138. The molecule has 0 unspecified atom stereocenters. The molecular weight excluding hydrogens is 386 g/mol. The van der Waals surface area contributed by atoms with Gasteiger partial charge in [0.25, 0.3) is 0 Å². The summed E-state index contributed by atoms with van der Waals surface area (Å²) < 4.78 is -0.960. The minimum Gasteiger partial charge on any atom is -0.480 e. The minimum absolute atomic E-state index is 0.0972. The standard InChI is InChI=1S/C20H16N2O2S.C2H7NO/c1-20(2,19(23)24)25-18-9-10-22-12-17(18)16-8-7-13(11-21)14-5-3-4-6-15(14)16;3-1-2-4/h3-10,12H,1-2H3,(H,23,24);4H,1-3H2. The number of benzene rings is 2. The molecule has 1 heterocycles. The van der Waals surface area contributed by atoms with Crippen molar-refractivity contribution in [2.75, 3.05) is 13.2 Å². The van der Waals surface area contributed by atoms with Crippen LogP contribution in [0.15, 0.2) is 59.8 Å². The van der Waals surface area contributed by atoms with E-state index in [1.807, 2.05) is 36.4 Å². The fraction of sp³-hybridized carbons (Fsp3) is 0.227. The van der Waals surface area contributed by atoms with Crippen LogP contribution in [0.2, 0.25) is 0 Å². The molecule has 0 bridgehead atoms. The van der Waals surface area contributed by atoms with Crippen molar-refractivity contribution < 1.29 is 15.0 Å². The molecule has 4 N–H and O–H groups in total. The van der Waals surface area contributed by atoms with Crippen molar-refractivity contribution in [1.29, 1.82) is 5.26 Å². The van der Waals surface area contributed by atoms with E-state index in [-0.39, 0.29) is 6.61 Å². The molecule has 0 amide bonds. The Bertz CT molecular complexity index is 1040. The average Bonchev–Trinajstić information content (AvgIpc) is 2.73.